The van der Waals surface area contributed by atoms with Crippen LogP contribution in [0.15, 0.2) is 103 Å². The number of aliphatic hydroxyl groups excluding tert-OH is 1. The highest BCUT2D eigenvalue weighted by Gasteiger charge is 2.50. The summed E-state index contributed by atoms with van der Waals surface area (Å²) in [5.41, 5.74) is 2.24. The molecule has 3 aromatic carbocycles. The molecule has 0 aliphatic rings. The van der Waals surface area contributed by atoms with Crippen LogP contribution in [0.1, 0.15) is 72.3 Å². The standard InChI is InChI=1S/C35H48O3Si/c1-6-31(37-28-30-19-10-7-11-20-30)21-17-16-18-29(2)34(36)26-27-38-39(35(3,4)5,32-22-12-8-13-23-32)33-24-14-9-15-25-33/h7-15,18-20,22-25,31,34,36H,6,16-17,21,26-28H2,1-5H3/b29-18+/t31-,34+/m0/s1. The van der Waals surface area contributed by atoms with Gasteiger partial charge >= 0.3 is 0 Å². The molecule has 0 aliphatic carbocycles. The topological polar surface area (TPSA) is 38.7 Å². The van der Waals surface area contributed by atoms with Crippen molar-refractivity contribution in [2.75, 3.05) is 6.61 Å². The molecule has 0 saturated heterocycles. The molecule has 39 heavy (non-hydrogen) atoms. The maximum absolute atomic E-state index is 11.0. The van der Waals surface area contributed by atoms with Crippen LogP contribution in [0.25, 0.3) is 0 Å². The lowest BCUT2D eigenvalue weighted by atomic mass is 10.0. The van der Waals surface area contributed by atoms with Crippen LogP contribution in [0.5, 0.6) is 0 Å². The molecule has 2 atom stereocenters. The van der Waals surface area contributed by atoms with Crippen LogP contribution in [-0.2, 0) is 15.8 Å². The van der Waals surface area contributed by atoms with Gasteiger partial charge in [-0.15, -0.1) is 0 Å². The Kier molecular flexibility index (Phi) is 12.2. The van der Waals surface area contributed by atoms with Gasteiger partial charge in [-0.25, -0.2) is 0 Å². The Hall–Kier alpha value is -2.50. The summed E-state index contributed by atoms with van der Waals surface area (Å²) in [5, 5.41) is 13.4. The van der Waals surface area contributed by atoms with E-state index in [9.17, 15) is 5.11 Å². The summed E-state index contributed by atoms with van der Waals surface area (Å²) < 4.78 is 13.1. The highest BCUT2D eigenvalue weighted by atomic mass is 28.4. The van der Waals surface area contributed by atoms with Crippen LogP contribution in [0.3, 0.4) is 0 Å². The first-order valence-corrected chi connectivity index (χ1v) is 16.4. The van der Waals surface area contributed by atoms with Crippen LogP contribution >= 0.6 is 0 Å². The minimum Gasteiger partial charge on any atom is -0.407 e. The minimum atomic E-state index is -2.58. The number of benzene rings is 3. The number of rotatable bonds is 15. The number of hydrogen-bond acceptors (Lipinski definition) is 3. The molecule has 210 valence electrons. The Morgan fingerprint density at radius 3 is 1.90 bits per heavy atom. The molecule has 0 amide bonds. The summed E-state index contributed by atoms with van der Waals surface area (Å²) in [7, 11) is -2.58. The molecule has 0 aromatic heterocycles. The average Bonchev–Trinajstić information content (AvgIpc) is 2.95. The van der Waals surface area contributed by atoms with Crippen LogP contribution in [0, 0.1) is 0 Å². The first-order chi connectivity index (χ1) is 18.8. The largest absolute Gasteiger partial charge is 0.407 e. The summed E-state index contributed by atoms with van der Waals surface area (Å²) in [6, 6.07) is 31.7. The van der Waals surface area contributed by atoms with Gasteiger partial charge in [0.1, 0.15) is 0 Å². The van der Waals surface area contributed by atoms with E-state index in [1.54, 1.807) is 0 Å². The quantitative estimate of drug-likeness (QED) is 0.123. The summed E-state index contributed by atoms with van der Waals surface area (Å²) >= 11 is 0. The van der Waals surface area contributed by atoms with E-state index in [1.807, 2.05) is 13.0 Å². The molecular formula is C35H48O3Si. The molecule has 0 bridgehead atoms. The lowest BCUT2D eigenvalue weighted by Gasteiger charge is -2.43. The maximum Gasteiger partial charge on any atom is 0.261 e. The van der Waals surface area contributed by atoms with E-state index in [2.05, 4.69) is 119 Å². The van der Waals surface area contributed by atoms with Gasteiger partial charge in [-0.05, 0) is 65.6 Å². The minimum absolute atomic E-state index is 0.0655. The Morgan fingerprint density at radius 2 is 1.38 bits per heavy atom. The smallest absolute Gasteiger partial charge is 0.261 e. The second-order valence-electron chi connectivity index (χ2n) is 11.5. The van der Waals surface area contributed by atoms with Crippen molar-refractivity contribution in [2.24, 2.45) is 0 Å². The van der Waals surface area contributed by atoms with Crippen molar-refractivity contribution in [3.05, 3.63) is 108 Å². The fourth-order valence-electron chi connectivity index (χ4n) is 5.32. The molecule has 3 aromatic rings. The predicted molar refractivity (Wildman–Crippen MR) is 167 cm³/mol. The van der Waals surface area contributed by atoms with Gasteiger partial charge in [0.15, 0.2) is 0 Å². The molecule has 0 unspecified atom stereocenters. The number of unbranched alkanes of at least 4 members (excludes halogenated alkanes) is 1. The molecule has 0 radical (unpaired) electrons. The Bertz CT molecular complexity index is 1070. The van der Waals surface area contributed by atoms with Crippen LogP contribution < -0.4 is 10.4 Å². The van der Waals surface area contributed by atoms with Crippen molar-refractivity contribution in [3.8, 4) is 0 Å². The van der Waals surface area contributed by atoms with Gasteiger partial charge in [0, 0.05) is 6.61 Å². The number of allylic oxidation sites excluding steroid dienone is 1. The summed E-state index contributed by atoms with van der Waals surface area (Å²) in [5.74, 6) is 0. The van der Waals surface area contributed by atoms with Crippen molar-refractivity contribution in [3.63, 3.8) is 0 Å². The molecule has 3 rings (SSSR count). The Labute approximate surface area is 238 Å². The Morgan fingerprint density at radius 1 is 0.846 bits per heavy atom. The third-order valence-electron chi connectivity index (χ3n) is 7.63. The van der Waals surface area contributed by atoms with Gasteiger partial charge in [0.25, 0.3) is 8.32 Å². The normalized spacial score (nSPS) is 14.3. The molecule has 0 saturated carbocycles. The Balaban J connectivity index is 1.56. The van der Waals surface area contributed by atoms with Gasteiger partial charge in [-0.2, -0.15) is 0 Å². The van der Waals surface area contributed by atoms with E-state index >= 15 is 0 Å². The van der Waals surface area contributed by atoms with Crippen molar-refractivity contribution in [1.29, 1.82) is 0 Å². The van der Waals surface area contributed by atoms with Gasteiger partial charge < -0.3 is 14.3 Å². The molecule has 3 nitrogen and oxygen atoms in total. The molecule has 0 fully saturated rings. The lowest BCUT2D eigenvalue weighted by molar-refractivity contribution is 0.0315. The zero-order valence-corrected chi connectivity index (χ0v) is 25.6. The number of ether oxygens (including phenoxy) is 1. The second kappa shape index (κ2) is 15.3. The fraction of sp³-hybridized carbons (Fsp3) is 0.429. The number of aliphatic hydroxyl groups is 1. The SMILES string of the molecule is CC[C@@H](CCC/C=C(\C)[C@H](O)CCO[Si](c1ccccc1)(c1ccccc1)C(C)(C)C)OCc1ccccc1. The first kappa shape index (κ1) is 31.0. The highest BCUT2D eigenvalue weighted by Crippen LogP contribution is 2.37. The van der Waals surface area contributed by atoms with Crippen molar-refractivity contribution >= 4 is 18.7 Å². The number of hydrogen-bond donors (Lipinski definition) is 1. The molecule has 0 spiro atoms. The fourth-order valence-corrected chi connectivity index (χ4v) is 9.90. The molecular weight excluding hydrogens is 496 g/mol. The molecule has 4 heteroatoms. The van der Waals surface area contributed by atoms with E-state index < -0.39 is 14.4 Å². The van der Waals surface area contributed by atoms with E-state index in [1.165, 1.54) is 15.9 Å². The van der Waals surface area contributed by atoms with Gasteiger partial charge in [-0.3, -0.25) is 0 Å². The molecule has 1 N–H and O–H groups in total. The highest BCUT2D eigenvalue weighted by molar-refractivity contribution is 6.99. The van der Waals surface area contributed by atoms with Crippen LogP contribution in [0.4, 0.5) is 0 Å². The summed E-state index contributed by atoms with van der Waals surface area (Å²) in [6.07, 6.45) is 6.59. The lowest BCUT2D eigenvalue weighted by Crippen LogP contribution is -2.66. The summed E-state index contributed by atoms with van der Waals surface area (Å²) in [4.78, 5) is 0. The van der Waals surface area contributed by atoms with E-state index in [-0.39, 0.29) is 11.1 Å². The predicted octanol–water partition coefficient (Wildman–Crippen LogP) is 7.43. The van der Waals surface area contributed by atoms with Gasteiger partial charge in [-0.1, -0.05) is 125 Å². The van der Waals surface area contributed by atoms with Crippen molar-refractivity contribution in [1.82, 2.24) is 0 Å². The molecule has 0 heterocycles. The van der Waals surface area contributed by atoms with Crippen LogP contribution in [0.2, 0.25) is 5.04 Å². The van der Waals surface area contributed by atoms with E-state index in [4.69, 9.17) is 9.16 Å². The van der Waals surface area contributed by atoms with Gasteiger partial charge in [0.2, 0.25) is 0 Å². The van der Waals surface area contributed by atoms with Crippen LogP contribution in [-0.4, -0.2) is 32.2 Å². The molecule has 0 aliphatic heterocycles. The zero-order valence-electron chi connectivity index (χ0n) is 24.6. The van der Waals surface area contributed by atoms with Gasteiger partial charge in [0.05, 0.1) is 18.8 Å². The van der Waals surface area contributed by atoms with E-state index in [0.29, 0.717) is 19.6 Å². The van der Waals surface area contributed by atoms with Crippen molar-refractivity contribution < 1.29 is 14.3 Å². The summed E-state index contributed by atoms with van der Waals surface area (Å²) in [6.45, 7) is 12.3. The zero-order chi connectivity index (χ0) is 28.1. The third kappa shape index (κ3) is 8.74. The third-order valence-corrected chi connectivity index (χ3v) is 12.7. The second-order valence-corrected chi connectivity index (χ2v) is 15.8. The van der Waals surface area contributed by atoms with E-state index in [0.717, 1.165) is 31.3 Å². The van der Waals surface area contributed by atoms with Crippen molar-refractivity contribution in [2.45, 2.75) is 90.6 Å². The average molecular weight is 545 g/mol. The monoisotopic (exact) mass is 544 g/mol. The maximum atomic E-state index is 11.0. The first-order valence-electron chi connectivity index (χ1n) is 14.5.